The number of halogens is 1. The Bertz CT molecular complexity index is 993. The van der Waals surface area contributed by atoms with Crippen LogP contribution in [0.2, 0.25) is 0 Å². The van der Waals surface area contributed by atoms with Gasteiger partial charge in [0.1, 0.15) is 23.7 Å². The lowest BCUT2D eigenvalue weighted by molar-refractivity contribution is 0.306. The largest absolute Gasteiger partial charge is 0.496 e. The van der Waals surface area contributed by atoms with Crippen LogP contribution in [0.5, 0.6) is 5.75 Å². The number of methoxy groups -OCH3 is 1. The molecule has 0 aliphatic carbocycles. The van der Waals surface area contributed by atoms with E-state index < -0.39 is 0 Å². The van der Waals surface area contributed by atoms with Crippen LogP contribution in [-0.4, -0.2) is 64.2 Å². The number of hydrogen-bond acceptors (Lipinski definition) is 7. The van der Waals surface area contributed by atoms with E-state index in [4.69, 9.17) is 4.74 Å². The van der Waals surface area contributed by atoms with Gasteiger partial charge < -0.3 is 15.0 Å². The first kappa shape index (κ1) is 21.8. The van der Waals surface area contributed by atoms with Crippen molar-refractivity contribution in [3.8, 4) is 17.0 Å². The van der Waals surface area contributed by atoms with Crippen molar-refractivity contribution in [2.45, 2.75) is 6.42 Å². The van der Waals surface area contributed by atoms with Crippen molar-refractivity contribution in [3.63, 3.8) is 0 Å². The second-order valence-electron chi connectivity index (χ2n) is 7.40. The summed E-state index contributed by atoms with van der Waals surface area (Å²) in [5.74, 6) is 2.74. The molecule has 1 aliphatic heterocycles. The molecule has 1 N–H and O–H groups in total. The molecule has 4 rings (SSSR count). The predicted molar refractivity (Wildman–Crippen MR) is 133 cm³/mol. The molecule has 7 nitrogen and oxygen atoms in total. The third kappa shape index (κ3) is 5.62. The van der Waals surface area contributed by atoms with Gasteiger partial charge in [0.25, 0.3) is 0 Å². The Morgan fingerprint density at radius 1 is 1.03 bits per heavy atom. The summed E-state index contributed by atoms with van der Waals surface area (Å²) in [6, 6.07) is 14.2. The molecule has 1 saturated heterocycles. The number of nitrogens with one attached hydrogen (secondary N) is 1. The number of ether oxygens (including phenoxy) is 1. The first-order valence-electron chi connectivity index (χ1n) is 10.4. The summed E-state index contributed by atoms with van der Waals surface area (Å²) < 4.78 is 6.51. The highest BCUT2D eigenvalue weighted by Crippen LogP contribution is 2.24. The van der Waals surface area contributed by atoms with Crippen LogP contribution < -0.4 is 15.0 Å². The molecule has 0 amide bonds. The molecule has 3 heterocycles. The lowest BCUT2D eigenvalue weighted by atomic mass is 10.1. The van der Waals surface area contributed by atoms with E-state index in [9.17, 15) is 0 Å². The number of benzene rings is 1. The molecule has 1 aliphatic rings. The lowest BCUT2D eigenvalue weighted by Gasteiger charge is -2.34. The summed E-state index contributed by atoms with van der Waals surface area (Å²) in [5.41, 5.74) is 3.12. The number of rotatable bonds is 8. The number of pyridine rings is 1. The quantitative estimate of drug-likeness (QED) is 0.271. The molecule has 0 radical (unpaired) electrons. The number of anilines is 2. The summed E-state index contributed by atoms with van der Waals surface area (Å²) in [6.07, 6.45) is 4.33. The fourth-order valence-corrected chi connectivity index (χ4v) is 4.38. The molecule has 0 unspecified atom stereocenters. The molecule has 1 fully saturated rings. The Morgan fingerprint density at radius 3 is 2.68 bits per heavy atom. The maximum absolute atomic E-state index is 5.43. The molecule has 2 aromatic heterocycles. The van der Waals surface area contributed by atoms with Crippen LogP contribution in [0.15, 0.2) is 55.0 Å². The van der Waals surface area contributed by atoms with E-state index in [2.05, 4.69) is 64.8 Å². The molecule has 1 aromatic carbocycles. The zero-order valence-electron chi connectivity index (χ0n) is 17.7. The van der Waals surface area contributed by atoms with E-state index in [0.29, 0.717) is 0 Å². The van der Waals surface area contributed by atoms with Gasteiger partial charge in [0.2, 0.25) is 0 Å². The van der Waals surface area contributed by atoms with Crippen LogP contribution in [0.4, 0.5) is 11.6 Å². The number of para-hydroxylation sites is 1. The van der Waals surface area contributed by atoms with E-state index >= 15 is 0 Å². The average Bonchev–Trinajstić information content (AvgIpc) is 2.85. The number of piperazine rings is 1. The van der Waals surface area contributed by atoms with E-state index in [1.807, 2.05) is 36.5 Å². The SMILES string of the molecule is COc1ccccc1CCNc1cc(-c2ccnc(N3CCN(CI)CC3)c2)ncn1. The van der Waals surface area contributed by atoms with Crippen LogP contribution in [0.3, 0.4) is 0 Å². The highest BCUT2D eigenvalue weighted by Gasteiger charge is 2.17. The van der Waals surface area contributed by atoms with Crippen molar-refractivity contribution in [1.82, 2.24) is 19.9 Å². The molecule has 0 spiro atoms. The fourth-order valence-electron chi connectivity index (χ4n) is 3.69. The van der Waals surface area contributed by atoms with E-state index in [1.54, 1.807) is 13.4 Å². The Labute approximate surface area is 197 Å². The zero-order valence-corrected chi connectivity index (χ0v) is 19.8. The standard InChI is InChI=1S/C23H27IN6O/c1-31-21-5-3-2-4-18(21)6-8-25-22-15-20(27-17-28-22)19-7-9-26-23(14-19)30-12-10-29(16-24)11-13-30/h2-5,7,9,14-15,17H,6,8,10-13,16H2,1H3,(H,25,27,28). The van der Waals surface area contributed by atoms with E-state index in [-0.39, 0.29) is 0 Å². The second-order valence-corrected chi connectivity index (χ2v) is 8.09. The first-order chi connectivity index (χ1) is 15.3. The van der Waals surface area contributed by atoms with E-state index in [1.165, 1.54) is 5.56 Å². The lowest BCUT2D eigenvalue weighted by Crippen LogP contribution is -2.46. The van der Waals surface area contributed by atoms with E-state index in [0.717, 1.165) is 72.3 Å². The molecule has 3 aromatic rings. The van der Waals surface area contributed by atoms with Crippen LogP contribution >= 0.6 is 22.6 Å². The molecule has 162 valence electrons. The predicted octanol–water partition coefficient (Wildman–Crippen LogP) is 3.72. The van der Waals surface area contributed by atoms with Crippen LogP contribution in [0.25, 0.3) is 11.3 Å². The number of nitrogens with zero attached hydrogens (tertiary/aromatic N) is 5. The third-order valence-corrected chi connectivity index (χ3v) is 6.43. The topological polar surface area (TPSA) is 66.4 Å². The highest BCUT2D eigenvalue weighted by atomic mass is 127. The molecular formula is C23H27IN6O. The molecule has 0 atom stereocenters. The number of alkyl halides is 1. The minimum atomic E-state index is 0.763. The summed E-state index contributed by atoms with van der Waals surface area (Å²) in [5, 5.41) is 3.40. The maximum Gasteiger partial charge on any atom is 0.129 e. The normalized spacial score (nSPS) is 14.5. The number of aromatic nitrogens is 3. The average molecular weight is 530 g/mol. The molecule has 31 heavy (non-hydrogen) atoms. The first-order valence-corrected chi connectivity index (χ1v) is 12.0. The van der Waals surface area contributed by atoms with Crippen molar-refractivity contribution >= 4 is 34.2 Å². The smallest absolute Gasteiger partial charge is 0.129 e. The fraction of sp³-hybridized carbons (Fsp3) is 0.348. The van der Waals surface area contributed by atoms with Gasteiger partial charge in [-0.15, -0.1) is 0 Å². The van der Waals surface area contributed by atoms with Gasteiger partial charge in [0.05, 0.1) is 17.4 Å². The Balaban J connectivity index is 1.41. The summed E-state index contributed by atoms with van der Waals surface area (Å²) in [6.45, 7) is 4.91. The summed E-state index contributed by atoms with van der Waals surface area (Å²) in [7, 11) is 1.70. The van der Waals surface area contributed by atoms with Gasteiger partial charge in [0.15, 0.2) is 0 Å². The van der Waals surface area contributed by atoms with Gasteiger partial charge >= 0.3 is 0 Å². The van der Waals surface area contributed by atoms with Crippen molar-refractivity contribution in [1.29, 1.82) is 0 Å². The Morgan fingerprint density at radius 2 is 1.87 bits per heavy atom. The second kappa shape index (κ2) is 10.7. The van der Waals surface area contributed by atoms with Crippen LogP contribution in [0, 0.1) is 0 Å². The van der Waals surface area contributed by atoms with Gasteiger partial charge in [-0.1, -0.05) is 40.8 Å². The van der Waals surface area contributed by atoms with Crippen molar-refractivity contribution in [3.05, 3.63) is 60.6 Å². The zero-order chi connectivity index (χ0) is 21.5. The number of hydrogen-bond donors (Lipinski definition) is 1. The van der Waals surface area contributed by atoms with Crippen molar-refractivity contribution in [2.24, 2.45) is 0 Å². The summed E-state index contributed by atoms with van der Waals surface area (Å²) in [4.78, 5) is 18.3. The van der Waals surface area contributed by atoms with Gasteiger partial charge in [0, 0.05) is 50.6 Å². The van der Waals surface area contributed by atoms with Gasteiger partial charge in [-0.05, 0) is 30.2 Å². The Hall–Kier alpha value is -2.46. The highest BCUT2D eigenvalue weighted by molar-refractivity contribution is 14.1. The maximum atomic E-state index is 5.43. The van der Waals surface area contributed by atoms with Gasteiger partial charge in [-0.25, -0.2) is 15.0 Å². The molecule has 0 bridgehead atoms. The van der Waals surface area contributed by atoms with Crippen LogP contribution in [0.1, 0.15) is 5.56 Å². The molecule has 0 saturated carbocycles. The van der Waals surface area contributed by atoms with Crippen molar-refractivity contribution < 1.29 is 4.74 Å². The van der Waals surface area contributed by atoms with Crippen molar-refractivity contribution in [2.75, 3.05) is 54.6 Å². The van der Waals surface area contributed by atoms with Gasteiger partial charge in [-0.2, -0.15) is 0 Å². The minimum absolute atomic E-state index is 0.763. The molecular weight excluding hydrogens is 503 g/mol. The third-order valence-electron chi connectivity index (χ3n) is 5.47. The molecule has 8 heteroatoms. The Kier molecular flexibility index (Phi) is 7.52. The summed E-state index contributed by atoms with van der Waals surface area (Å²) >= 11 is 2.43. The van der Waals surface area contributed by atoms with Gasteiger partial charge in [-0.3, -0.25) is 4.90 Å². The van der Waals surface area contributed by atoms with Crippen LogP contribution in [-0.2, 0) is 6.42 Å². The monoisotopic (exact) mass is 530 g/mol. The minimum Gasteiger partial charge on any atom is -0.496 e.